The van der Waals surface area contributed by atoms with Gasteiger partial charge in [0.2, 0.25) is 0 Å². The van der Waals surface area contributed by atoms with Crippen molar-refractivity contribution >= 4 is 5.97 Å². The fraction of sp³-hybridized carbons (Fsp3) is 0.933. The molecule has 0 spiro atoms. The fourth-order valence-electron chi connectivity index (χ4n) is 2.30. The molecule has 0 amide bonds. The van der Waals surface area contributed by atoms with Gasteiger partial charge in [-0.3, -0.25) is 4.79 Å². The molecule has 0 aromatic rings. The molecule has 3 unspecified atom stereocenters. The summed E-state index contributed by atoms with van der Waals surface area (Å²) in [6.45, 7) is 4.40. The minimum absolute atomic E-state index is 0.232. The number of rotatable bonds is 15. The lowest BCUT2D eigenvalue weighted by atomic mass is 10.00. The summed E-state index contributed by atoms with van der Waals surface area (Å²) >= 11 is 0. The maximum absolute atomic E-state index is 11.3. The molecule has 0 aliphatic rings. The van der Waals surface area contributed by atoms with E-state index in [9.17, 15) is 15.0 Å². The molecular formula is C15H34N4O4. The van der Waals surface area contributed by atoms with Crippen LogP contribution in [0.1, 0.15) is 32.6 Å². The van der Waals surface area contributed by atoms with Crippen LogP contribution < -0.4 is 22.1 Å². The van der Waals surface area contributed by atoms with E-state index >= 15 is 0 Å². The highest BCUT2D eigenvalue weighted by atomic mass is 16.6. The first-order valence-electron chi connectivity index (χ1n) is 8.37. The third-order valence-electron chi connectivity index (χ3n) is 3.48. The third kappa shape index (κ3) is 11.4. The summed E-state index contributed by atoms with van der Waals surface area (Å²) < 4.78 is 5.21. The van der Waals surface area contributed by atoms with Crippen LogP contribution in [-0.2, 0) is 9.53 Å². The number of aliphatic hydroxyl groups excluding tert-OH is 2. The van der Waals surface area contributed by atoms with E-state index in [-0.39, 0.29) is 6.04 Å². The molecule has 8 N–H and O–H groups in total. The van der Waals surface area contributed by atoms with Crippen molar-refractivity contribution in [2.45, 2.75) is 50.9 Å². The minimum Gasteiger partial charge on any atom is -0.458 e. The zero-order valence-electron chi connectivity index (χ0n) is 14.2. The number of aliphatic hydroxyl groups is 2. The van der Waals surface area contributed by atoms with Crippen molar-refractivity contribution in [3.63, 3.8) is 0 Å². The van der Waals surface area contributed by atoms with Gasteiger partial charge >= 0.3 is 5.97 Å². The topological polar surface area (TPSA) is 143 Å². The normalized spacial score (nSPS) is 15.2. The zero-order valence-corrected chi connectivity index (χ0v) is 14.2. The van der Waals surface area contributed by atoms with Crippen LogP contribution >= 0.6 is 0 Å². The molecule has 138 valence electrons. The van der Waals surface area contributed by atoms with Crippen LogP contribution in [0.2, 0.25) is 0 Å². The first-order chi connectivity index (χ1) is 11.1. The number of hydrogen-bond acceptors (Lipinski definition) is 8. The maximum Gasteiger partial charge on any atom is 0.303 e. The summed E-state index contributed by atoms with van der Waals surface area (Å²) in [6.07, 6.45) is 1.37. The minimum atomic E-state index is -1.11. The van der Waals surface area contributed by atoms with Crippen LogP contribution in [0.5, 0.6) is 0 Å². The van der Waals surface area contributed by atoms with E-state index in [2.05, 4.69) is 10.6 Å². The van der Waals surface area contributed by atoms with Crippen LogP contribution in [-0.4, -0.2) is 73.8 Å². The third-order valence-corrected chi connectivity index (χ3v) is 3.48. The Morgan fingerprint density at radius 1 is 1.13 bits per heavy atom. The summed E-state index contributed by atoms with van der Waals surface area (Å²) in [4.78, 5) is 11.3. The van der Waals surface area contributed by atoms with Gasteiger partial charge in [-0.15, -0.1) is 0 Å². The quantitative estimate of drug-likeness (QED) is 0.154. The molecule has 0 saturated carbocycles. The Kier molecular flexibility index (Phi) is 14.3. The molecule has 0 fully saturated rings. The second kappa shape index (κ2) is 14.8. The first kappa shape index (κ1) is 22.2. The average Bonchev–Trinajstić information content (AvgIpc) is 2.53. The van der Waals surface area contributed by atoms with E-state index in [0.717, 1.165) is 32.4 Å². The molecule has 0 bridgehead atoms. The monoisotopic (exact) mass is 334 g/mol. The van der Waals surface area contributed by atoms with Gasteiger partial charge in [-0.25, -0.2) is 0 Å². The van der Waals surface area contributed by atoms with Crippen LogP contribution in [0.3, 0.4) is 0 Å². The number of esters is 1. The number of carbonyl (C=O) groups excluding carboxylic acids is 1. The van der Waals surface area contributed by atoms with Crippen molar-refractivity contribution in [1.82, 2.24) is 10.6 Å². The van der Waals surface area contributed by atoms with Crippen LogP contribution in [0.4, 0.5) is 0 Å². The molecule has 23 heavy (non-hydrogen) atoms. The molecule has 0 saturated heterocycles. The second-order valence-electron chi connectivity index (χ2n) is 5.56. The molecular weight excluding hydrogens is 300 g/mol. The number of hydrogen-bond donors (Lipinski definition) is 6. The van der Waals surface area contributed by atoms with Gasteiger partial charge in [0.1, 0.15) is 12.2 Å². The van der Waals surface area contributed by atoms with E-state index in [1.165, 1.54) is 6.92 Å². The van der Waals surface area contributed by atoms with Gasteiger partial charge in [0.05, 0.1) is 6.61 Å². The number of ether oxygens (including phenoxy) is 1. The maximum atomic E-state index is 11.3. The van der Waals surface area contributed by atoms with E-state index in [1.807, 2.05) is 0 Å². The molecule has 0 radical (unpaired) electrons. The van der Waals surface area contributed by atoms with Crippen LogP contribution in [0.15, 0.2) is 0 Å². The summed E-state index contributed by atoms with van der Waals surface area (Å²) in [6, 6.07) is -0.232. The van der Waals surface area contributed by atoms with Gasteiger partial charge in [0.25, 0.3) is 0 Å². The van der Waals surface area contributed by atoms with Gasteiger partial charge in [0, 0.05) is 13.0 Å². The van der Waals surface area contributed by atoms with Crippen molar-refractivity contribution in [3.8, 4) is 0 Å². The highest BCUT2D eigenvalue weighted by Gasteiger charge is 2.30. The Morgan fingerprint density at radius 3 is 2.30 bits per heavy atom. The smallest absolute Gasteiger partial charge is 0.303 e. The summed E-state index contributed by atoms with van der Waals surface area (Å²) in [5, 5.41) is 25.7. The van der Waals surface area contributed by atoms with Crippen molar-refractivity contribution < 1.29 is 19.7 Å². The Morgan fingerprint density at radius 2 is 1.74 bits per heavy atom. The van der Waals surface area contributed by atoms with Crippen molar-refractivity contribution in [3.05, 3.63) is 0 Å². The lowest BCUT2D eigenvalue weighted by molar-refractivity contribution is -0.156. The standard InChI is InChI=1S/C15H34N4O4/c1-12(21)23-15(14(22)11-20)13(19-10-4-7-17)5-2-8-18-9-3-6-16/h13-15,18-20,22H,2-11,16-17H2,1H3. The van der Waals surface area contributed by atoms with E-state index in [1.54, 1.807) is 0 Å². The zero-order chi connectivity index (χ0) is 17.5. The Hall–Kier alpha value is -0.770. The summed E-state index contributed by atoms with van der Waals surface area (Å²) in [7, 11) is 0. The lowest BCUT2D eigenvalue weighted by Gasteiger charge is -2.30. The predicted octanol–water partition coefficient (Wildman–Crippen LogP) is -1.70. The first-order valence-corrected chi connectivity index (χ1v) is 8.37. The van der Waals surface area contributed by atoms with Crippen molar-refractivity contribution in [2.24, 2.45) is 11.5 Å². The average molecular weight is 334 g/mol. The fourth-order valence-corrected chi connectivity index (χ4v) is 2.30. The van der Waals surface area contributed by atoms with Gasteiger partial charge in [-0.05, 0) is 58.4 Å². The van der Waals surface area contributed by atoms with Gasteiger partial charge in [0.15, 0.2) is 0 Å². The second-order valence-corrected chi connectivity index (χ2v) is 5.56. The molecule has 8 heteroatoms. The van der Waals surface area contributed by atoms with Gasteiger partial charge < -0.3 is 37.1 Å². The van der Waals surface area contributed by atoms with Gasteiger partial charge in [-0.1, -0.05) is 0 Å². The molecule has 3 atom stereocenters. The van der Waals surface area contributed by atoms with Crippen LogP contribution in [0, 0.1) is 0 Å². The lowest BCUT2D eigenvalue weighted by Crippen LogP contribution is -2.50. The number of carbonyl (C=O) groups is 1. The van der Waals surface area contributed by atoms with Gasteiger partial charge in [-0.2, -0.15) is 0 Å². The Bertz CT molecular complexity index is 295. The summed E-state index contributed by atoms with van der Waals surface area (Å²) in [5.74, 6) is -0.478. The molecule has 0 heterocycles. The molecule has 0 aromatic carbocycles. The molecule has 0 aliphatic carbocycles. The Labute approximate surface area is 138 Å². The molecule has 0 aliphatic heterocycles. The Balaban J connectivity index is 4.49. The molecule has 0 aromatic heterocycles. The van der Waals surface area contributed by atoms with Crippen molar-refractivity contribution in [2.75, 3.05) is 39.3 Å². The predicted molar refractivity (Wildman–Crippen MR) is 89.9 cm³/mol. The molecule has 8 nitrogen and oxygen atoms in total. The molecule has 0 rings (SSSR count). The van der Waals surface area contributed by atoms with Crippen molar-refractivity contribution in [1.29, 1.82) is 0 Å². The SMILES string of the molecule is CC(=O)OC(C(O)CO)C(CCCNCCCN)NCCCN. The highest BCUT2D eigenvalue weighted by molar-refractivity contribution is 5.66. The number of nitrogens with one attached hydrogen (secondary N) is 2. The summed E-state index contributed by atoms with van der Waals surface area (Å²) in [5.41, 5.74) is 10.9. The van der Waals surface area contributed by atoms with Crippen LogP contribution in [0.25, 0.3) is 0 Å². The number of nitrogens with two attached hydrogens (primary N) is 2. The highest BCUT2D eigenvalue weighted by Crippen LogP contribution is 2.12. The van der Waals surface area contributed by atoms with E-state index in [4.69, 9.17) is 16.2 Å². The largest absolute Gasteiger partial charge is 0.458 e. The van der Waals surface area contributed by atoms with E-state index < -0.39 is 24.8 Å². The van der Waals surface area contributed by atoms with E-state index in [0.29, 0.717) is 26.1 Å².